The molecule has 0 bridgehead atoms. The Hall–Kier alpha value is -1.59. The van der Waals surface area contributed by atoms with Gasteiger partial charge in [0, 0.05) is 19.4 Å². The molecule has 0 heterocycles. The van der Waals surface area contributed by atoms with Crippen LogP contribution >= 0.6 is 0 Å². The summed E-state index contributed by atoms with van der Waals surface area (Å²) < 4.78 is 9.95. The summed E-state index contributed by atoms with van der Waals surface area (Å²) in [6.07, 6.45) is 0.895. The van der Waals surface area contributed by atoms with Gasteiger partial charge in [0.05, 0.1) is 13.7 Å². The average Bonchev–Trinajstić information content (AvgIpc) is 2.39. The predicted octanol–water partition coefficient (Wildman–Crippen LogP) is 1.26. The van der Waals surface area contributed by atoms with Crippen LogP contribution in [0.1, 0.15) is 6.42 Å². The van der Waals surface area contributed by atoms with E-state index in [4.69, 9.17) is 9.47 Å². The quantitative estimate of drug-likeness (QED) is 0.684. The molecule has 0 atom stereocenters. The van der Waals surface area contributed by atoms with Gasteiger partial charge >= 0.3 is 0 Å². The Balaban J connectivity index is 2.22. The first-order valence-electron chi connectivity index (χ1n) is 5.90. The van der Waals surface area contributed by atoms with Gasteiger partial charge in [0.15, 0.2) is 0 Å². The molecule has 5 nitrogen and oxygen atoms in total. The molecular formula is C13H20N2O3. The first kappa shape index (κ1) is 14.5. The molecule has 0 aliphatic carbocycles. The maximum absolute atomic E-state index is 11.6. The second-order valence-corrected chi connectivity index (χ2v) is 3.80. The van der Waals surface area contributed by atoms with Crippen molar-refractivity contribution in [3.63, 3.8) is 0 Å². The number of hydrogen-bond acceptors (Lipinski definition) is 4. The van der Waals surface area contributed by atoms with Crippen LogP contribution in [0.5, 0.6) is 5.75 Å². The second-order valence-electron chi connectivity index (χ2n) is 3.80. The molecule has 0 fully saturated rings. The highest BCUT2D eigenvalue weighted by molar-refractivity contribution is 5.92. The Morgan fingerprint density at radius 1 is 1.22 bits per heavy atom. The van der Waals surface area contributed by atoms with Gasteiger partial charge in [0.1, 0.15) is 5.75 Å². The van der Waals surface area contributed by atoms with Gasteiger partial charge < -0.3 is 20.1 Å². The van der Waals surface area contributed by atoms with Gasteiger partial charge in [-0.1, -0.05) is 0 Å². The van der Waals surface area contributed by atoms with Crippen LogP contribution in [-0.4, -0.2) is 39.8 Å². The number of benzene rings is 1. The van der Waals surface area contributed by atoms with Crippen molar-refractivity contribution < 1.29 is 14.3 Å². The van der Waals surface area contributed by atoms with Gasteiger partial charge in [0.25, 0.3) is 0 Å². The summed E-state index contributed by atoms with van der Waals surface area (Å²) in [4.78, 5) is 11.6. The third-order valence-electron chi connectivity index (χ3n) is 2.36. The van der Waals surface area contributed by atoms with Gasteiger partial charge in [0.2, 0.25) is 5.91 Å². The molecule has 5 heteroatoms. The molecule has 0 radical (unpaired) electrons. The maximum atomic E-state index is 11.6. The number of ether oxygens (including phenoxy) is 2. The van der Waals surface area contributed by atoms with E-state index in [2.05, 4.69) is 10.6 Å². The summed E-state index contributed by atoms with van der Waals surface area (Å²) in [5.41, 5.74) is 0.763. The van der Waals surface area contributed by atoms with Gasteiger partial charge in [-0.05, 0) is 37.2 Å². The highest BCUT2D eigenvalue weighted by Crippen LogP contribution is 2.14. The molecule has 2 N–H and O–H groups in total. The third-order valence-corrected chi connectivity index (χ3v) is 2.36. The maximum Gasteiger partial charge on any atom is 0.238 e. The molecule has 1 aromatic rings. The lowest BCUT2D eigenvalue weighted by Crippen LogP contribution is -2.29. The number of amides is 1. The van der Waals surface area contributed by atoms with E-state index in [9.17, 15) is 4.79 Å². The lowest BCUT2D eigenvalue weighted by atomic mass is 10.3. The minimum absolute atomic E-state index is 0.0578. The van der Waals surface area contributed by atoms with Crippen molar-refractivity contribution in [1.82, 2.24) is 5.32 Å². The molecule has 0 unspecified atom stereocenters. The van der Waals surface area contributed by atoms with Crippen LogP contribution in [0.3, 0.4) is 0 Å². The zero-order valence-corrected chi connectivity index (χ0v) is 10.9. The monoisotopic (exact) mass is 252 g/mol. The van der Waals surface area contributed by atoms with Crippen molar-refractivity contribution in [3.8, 4) is 5.75 Å². The SMILES string of the molecule is COCCCNCC(=O)Nc1ccc(OC)cc1. The number of nitrogens with one attached hydrogen (secondary N) is 2. The number of carbonyl (C=O) groups is 1. The second kappa shape index (κ2) is 8.49. The zero-order valence-electron chi connectivity index (χ0n) is 10.9. The molecule has 1 aromatic carbocycles. The van der Waals surface area contributed by atoms with Crippen molar-refractivity contribution in [2.45, 2.75) is 6.42 Å². The van der Waals surface area contributed by atoms with E-state index in [1.54, 1.807) is 14.2 Å². The summed E-state index contributed by atoms with van der Waals surface area (Å²) in [5.74, 6) is 0.711. The standard InChI is InChI=1S/C13H20N2O3/c1-17-9-3-8-14-10-13(16)15-11-4-6-12(18-2)7-5-11/h4-7,14H,3,8-10H2,1-2H3,(H,15,16). The molecule has 18 heavy (non-hydrogen) atoms. The van der Waals surface area contributed by atoms with Crippen molar-refractivity contribution in [1.29, 1.82) is 0 Å². The van der Waals surface area contributed by atoms with E-state index in [1.807, 2.05) is 24.3 Å². The van der Waals surface area contributed by atoms with E-state index >= 15 is 0 Å². The normalized spacial score (nSPS) is 10.1. The van der Waals surface area contributed by atoms with E-state index in [-0.39, 0.29) is 5.91 Å². The molecule has 0 aliphatic heterocycles. The molecule has 0 aromatic heterocycles. The number of rotatable bonds is 8. The molecule has 0 aliphatic rings. The molecule has 100 valence electrons. The lowest BCUT2D eigenvalue weighted by Gasteiger charge is -2.07. The third kappa shape index (κ3) is 5.65. The molecule has 1 rings (SSSR count). The highest BCUT2D eigenvalue weighted by Gasteiger charge is 2.01. The van der Waals surface area contributed by atoms with E-state index < -0.39 is 0 Å². The number of hydrogen-bond donors (Lipinski definition) is 2. The summed E-state index contributed by atoms with van der Waals surface area (Å²) in [6.45, 7) is 1.77. The van der Waals surface area contributed by atoms with Gasteiger partial charge in [-0.25, -0.2) is 0 Å². The van der Waals surface area contributed by atoms with Crippen LogP contribution in [0.4, 0.5) is 5.69 Å². The fourth-order valence-electron chi connectivity index (χ4n) is 1.42. The van der Waals surface area contributed by atoms with Crippen molar-refractivity contribution in [3.05, 3.63) is 24.3 Å². The van der Waals surface area contributed by atoms with Crippen molar-refractivity contribution in [2.24, 2.45) is 0 Å². The summed E-state index contributed by atoms with van der Waals surface area (Å²) >= 11 is 0. The first-order valence-corrected chi connectivity index (χ1v) is 5.90. The predicted molar refractivity (Wildman–Crippen MR) is 71.0 cm³/mol. The summed E-state index contributed by atoms with van der Waals surface area (Å²) in [6, 6.07) is 7.23. The van der Waals surface area contributed by atoms with Crippen LogP contribution in [0.25, 0.3) is 0 Å². The number of carbonyl (C=O) groups excluding carboxylic acids is 1. The fraction of sp³-hybridized carbons (Fsp3) is 0.462. The average molecular weight is 252 g/mol. The van der Waals surface area contributed by atoms with Crippen LogP contribution in [0, 0.1) is 0 Å². The van der Waals surface area contributed by atoms with Crippen molar-refractivity contribution >= 4 is 11.6 Å². The first-order chi connectivity index (χ1) is 8.76. The smallest absolute Gasteiger partial charge is 0.238 e. The highest BCUT2D eigenvalue weighted by atomic mass is 16.5. The van der Waals surface area contributed by atoms with Gasteiger partial charge in [-0.3, -0.25) is 4.79 Å². The zero-order chi connectivity index (χ0) is 13.2. The molecule has 1 amide bonds. The van der Waals surface area contributed by atoms with Gasteiger partial charge in [-0.2, -0.15) is 0 Å². The molecule has 0 saturated carbocycles. The number of methoxy groups -OCH3 is 2. The summed E-state index contributed by atoms with van der Waals surface area (Å²) in [7, 11) is 3.27. The molecule has 0 saturated heterocycles. The lowest BCUT2D eigenvalue weighted by molar-refractivity contribution is -0.115. The Labute approximate surface area is 107 Å². The van der Waals surface area contributed by atoms with Crippen molar-refractivity contribution in [2.75, 3.05) is 39.2 Å². The number of anilines is 1. The fourth-order valence-corrected chi connectivity index (χ4v) is 1.42. The van der Waals surface area contributed by atoms with Crippen LogP contribution in [0.15, 0.2) is 24.3 Å². The molecule has 0 spiro atoms. The van der Waals surface area contributed by atoms with E-state index in [0.717, 1.165) is 24.4 Å². The van der Waals surface area contributed by atoms with Crippen LogP contribution < -0.4 is 15.4 Å². The minimum Gasteiger partial charge on any atom is -0.497 e. The minimum atomic E-state index is -0.0578. The molecular weight excluding hydrogens is 232 g/mol. The van der Waals surface area contributed by atoms with E-state index in [0.29, 0.717) is 13.2 Å². The largest absolute Gasteiger partial charge is 0.497 e. The topological polar surface area (TPSA) is 59.6 Å². The van der Waals surface area contributed by atoms with Crippen LogP contribution in [-0.2, 0) is 9.53 Å². The Bertz CT molecular complexity index is 352. The van der Waals surface area contributed by atoms with E-state index in [1.165, 1.54) is 0 Å². The van der Waals surface area contributed by atoms with Gasteiger partial charge in [-0.15, -0.1) is 0 Å². The Morgan fingerprint density at radius 2 is 1.94 bits per heavy atom. The van der Waals surface area contributed by atoms with Crippen LogP contribution in [0.2, 0.25) is 0 Å². The Morgan fingerprint density at radius 3 is 2.56 bits per heavy atom. The Kier molecular flexibility index (Phi) is 6.83. The summed E-state index contributed by atoms with van der Waals surface area (Å²) in [5, 5.41) is 5.84.